The van der Waals surface area contributed by atoms with Crippen molar-refractivity contribution in [3.8, 4) is 5.75 Å². The number of rotatable bonds is 4. The van der Waals surface area contributed by atoms with E-state index in [0.717, 1.165) is 11.6 Å². The standard InChI is InChI=1S/C16H16FNO2/c1-11(9-12-5-3-2-4-6-12)18-16(20)14-8-7-13(19)10-15(14)17/h2-8,10-11,19H,9H2,1H3,(H,18,20). The maximum Gasteiger partial charge on any atom is 0.254 e. The molecule has 2 N–H and O–H groups in total. The van der Waals surface area contributed by atoms with Gasteiger partial charge in [-0.3, -0.25) is 4.79 Å². The van der Waals surface area contributed by atoms with Crippen molar-refractivity contribution in [1.29, 1.82) is 0 Å². The van der Waals surface area contributed by atoms with Crippen LogP contribution in [0.2, 0.25) is 0 Å². The molecule has 0 aliphatic carbocycles. The van der Waals surface area contributed by atoms with Crippen LogP contribution in [0.3, 0.4) is 0 Å². The molecule has 20 heavy (non-hydrogen) atoms. The lowest BCUT2D eigenvalue weighted by Crippen LogP contribution is -2.34. The third kappa shape index (κ3) is 3.57. The normalized spacial score (nSPS) is 11.9. The second-order valence-corrected chi connectivity index (χ2v) is 4.73. The second-order valence-electron chi connectivity index (χ2n) is 4.73. The molecule has 0 heterocycles. The van der Waals surface area contributed by atoms with Crippen LogP contribution in [0.1, 0.15) is 22.8 Å². The van der Waals surface area contributed by atoms with E-state index in [1.54, 1.807) is 0 Å². The molecule has 0 spiro atoms. The summed E-state index contributed by atoms with van der Waals surface area (Å²) in [4.78, 5) is 11.9. The average molecular weight is 273 g/mol. The van der Waals surface area contributed by atoms with Gasteiger partial charge in [0.05, 0.1) is 5.56 Å². The van der Waals surface area contributed by atoms with Crippen molar-refractivity contribution in [3.63, 3.8) is 0 Å². The van der Waals surface area contributed by atoms with Crippen molar-refractivity contribution in [2.45, 2.75) is 19.4 Å². The summed E-state index contributed by atoms with van der Waals surface area (Å²) in [5.74, 6) is -1.41. The number of benzene rings is 2. The van der Waals surface area contributed by atoms with Gasteiger partial charge in [-0.25, -0.2) is 4.39 Å². The molecule has 0 saturated carbocycles. The van der Waals surface area contributed by atoms with E-state index in [1.165, 1.54) is 12.1 Å². The Morgan fingerprint density at radius 2 is 1.95 bits per heavy atom. The van der Waals surface area contributed by atoms with Crippen molar-refractivity contribution < 1.29 is 14.3 Å². The zero-order valence-corrected chi connectivity index (χ0v) is 11.1. The minimum absolute atomic E-state index is 0.0669. The lowest BCUT2D eigenvalue weighted by Gasteiger charge is -2.14. The highest BCUT2D eigenvalue weighted by atomic mass is 19.1. The Hall–Kier alpha value is -2.36. The van der Waals surface area contributed by atoms with Crippen LogP contribution in [0.4, 0.5) is 4.39 Å². The van der Waals surface area contributed by atoms with E-state index in [4.69, 9.17) is 5.11 Å². The van der Waals surface area contributed by atoms with Crippen LogP contribution in [-0.2, 0) is 6.42 Å². The number of hydrogen-bond acceptors (Lipinski definition) is 2. The highest BCUT2D eigenvalue weighted by molar-refractivity contribution is 5.94. The summed E-state index contributed by atoms with van der Waals surface area (Å²) in [5, 5.41) is 11.9. The van der Waals surface area contributed by atoms with Gasteiger partial charge in [-0.1, -0.05) is 30.3 Å². The summed E-state index contributed by atoms with van der Waals surface area (Å²) in [6.07, 6.45) is 0.673. The van der Waals surface area contributed by atoms with E-state index in [9.17, 15) is 9.18 Å². The molecule has 0 radical (unpaired) electrons. The zero-order chi connectivity index (χ0) is 14.5. The first-order valence-electron chi connectivity index (χ1n) is 6.39. The molecule has 2 aromatic rings. The number of aromatic hydroxyl groups is 1. The molecular weight excluding hydrogens is 257 g/mol. The Balaban J connectivity index is 2.00. The largest absolute Gasteiger partial charge is 0.508 e. The van der Waals surface area contributed by atoms with Crippen LogP contribution in [-0.4, -0.2) is 17.1 Å². The summed E-state index contributed by atoms with van der Waals surface area (Å²) in [6.45, 7) is 1.86. The first-order chi connectivity index (χ1) is 9.56. The lowest BCUT2D eigenvalue weighted by molar-refractivity contribution is 0.0936. The van der Waals surface area contributed by atoms with Crippen LogP contribution < -0.4 is 5.32 Å². The Bertz CT molecular complexity index is 599. The molecule has 3 nitrogen and oxygen atoms in total. The third-order valence-electron chi connectivity index (χ3n) is 2.96. The van der Waals surface area contributed by atoms with Gasteiger partial charge in [-0.05, 0) is 31.0 Å². The van der Waals surface area contributed by atoms with Crippen LogP contribution in [0.15, 0.2) is 48.5 Å². The van der Waals surface area contributed by atoms with Gasteiger partial charge in [0.15, 0.2) is 0 Å². The SMILES string of the molecule is CC(Cc1ccccc1)NC(=O)c1ccc(O)cc1F. The molecule has 0 aliphatic heterocycles. The minimum atomic E-state index is -0.727. The van der Waals surface area contributed by atoms with Crippen LogP contribution in [0.25, 0.3) is 0 Å². The van der Waals surface area contributed by atoms with E-state index in [2.05, 4.69) is 5.32 Å². The molecule has 0 aromatic heterocycles. The maximum absolute atomic E-state index is 13.6. The molecule has 2 aromatic carbocycles. The van der Waals surface area contributed by atoms with Crippen molar-refractivity contribution >= 4 is 5.91 Å². The predicted molar refractivity (Wildman–Crippen MR) is 75.1 cm³/mol. The summed E-state index contributed by atoms with van der Waals surface area (Å²) in [6, 6.07) is 13.1. The van der Waals surface area contributed by atoms with Crippen molar-refractivity contribution in [1.82, 2.24) is 5.32 Å². The first-order valence-corrected chi connectivity index (χ1v) is 6.39. The fourth-order valence-corrected chi connectivity index (χ4v) is 2.01. The van der Waals surface area contributed by atoms with E-state index in [1.807, 2.05) is 37.3 Å². The molecule has 0 saturated heterocycles. The van der Waals surface area contributed by atoms with Gasteiger partial charge in [0, 0.05) is 12.1 Å². The fourth-order valence-electron chi connectivity index (χ4n) is 2.01. The zero-order valence-electron chi connectivity index (χ0n) is 11.1. The van der Waals surface area contributed by atoms with E-state index in [-0.39, 0.29) is 17.4 Å². The summed E-state index contributed by atoms with van der Waals surface area (Å²) in [7, 11) is 0. The summed E-state index contributed by atoms with van der Waals surface area (Å²) < 4.78 is 13.6. The highest BCUT2D eigenvalue weighted by Gasteiger charge is 2.14. The highest BCUT2D eigenvalue weighted by Crippen LogP contribution is 2.15. The number of carbonyl (C=O) groups is 1. The van der Waals surface area contributed by atoms with Gasteiger partial charge in [0.25, 0.3) is 5.91 Å². The molecule has 1 unspecified atom stereocenters. The van der Waals surface area contributed by atoms with Crippen LogP contribution in [0.5, 0.6) is 5.75 Å². The number of nitrogens with one attached hydrogen (secondary N) is 1. The molecule has 1 amide bonds. The topological polar surface area (TPSA) is 49.3 Å². The molecule has 104 valence electrons. The molecule has 0 aliphatic rings. The molecule has 2 rings (SSSR count). The maximum atomic E-state index is 13.6. The molecule has 1 atom stereocenters. The Morgan fingerprint density at radius 1 is 1.25 bits per heavy atom. The molecule has 0 bridgehead atoms. The number of hydrogen-bond donors (Lipinski definition) is 2. The number of phenols is 1. The Labute approximate surface area is 117 Å². The minimum Gasteiger partial charge on any atom is -0.508 e. The molecule has 0 fully saturated rings. The van der Waals surface area contributed by atoms with Gasteiger partial charge in [0.1, 0.15) is 11.6 Å². The monoisotopic (exact) mass is 273 g/mol. The predicted octanol–water partition coefficient (Wildman–Crippen LogP) is 2.89. The second kappa shape index (κ2) is 6.19. The van der Waals surface area contributed by atoms with E-state index >= 15 is 0 Å². The third-order valence-corrected chi connectivity index (χ3v) is 2.96. The van der Waals surface area contributed by atoms with Gasteiger partial charge < -0.3 is 10.4 Å². The molecule has 4 heteroatoms. The number of halogens is 1. The van der Waals surface area contributed by atoms with Crippen LogP contribution in [0, 0.1) is 5.82 Å². The average Bonchev–Trinajstić information content (AvgIpc) is 2.39. The van der Waals surface area contributed by atoms with Crippen molar-refractivity contribution in [3.05, 3.63) is 65.5 Å². The number of carbonyl (C=O) groups excluding carboxylic acids is 1. The first kappa shape index (κ1) is 14.1. The fraction of sp³-hybridized carbons (Fsp3) is 0.188. The summed E-state index contributed by atoms with van der Waals surface area (Å²) >= 11 is 0. The van der Waals surface area contributed by atoms with Crippen LogP contribution >= 0.6 is 0 Å². The Kier molecular flexibility index (Phi) is 4.35. The van der Waals surface area contributed by atoms with Crippen molar-refractivity contribution in [2.75, 3.05) is 0 Å². The summed E-state index contributed by atoms with van der Waals surface area (Å²) in [5.41, 5.74) is 1.04. The van der Waals surface area contributed by atoms with Gasteiger partial charge in [-0.15, -0.1) is 0 Å². The van der Waals surface area contributed by atoms with Gasteiger partial charge in [0.2, 0.25) is 0 Å². The quantitative estimate of drug-likeness (QED) is 0.900. The lowest BCUT2D eigenvalue weighted by atomic mass is 10.1. The Morgan fingerprint density at radius 3 is 2.60 bits per heavy atom. The number of amides is 1. The smallest absolute Gasteiger partial charge is 0.254 e. The number of phenolic OH excluding ortho intramolecular Hbond substituents is 1. The van der Waals surface area contributed by atoms with Gasteiger partial charge >= 0.3 is 0 Å². The van der Waals surface area contributed by atoms with Crippen molar-refractivity contribution in [2.24, 2.45) is 0 Å². The van der Waals surface area contributed by atoms with E-state index < -0.39 is 11.7 Å². The molecular formula is C16H16FNO2. The van der Waals surface area contributed by atoms with Gasteiger partial charge in [-0.2, -0.15) is 0 Å². The van der Waals surface area contributed by atoms with E-state index in [0.29, 0.717) is 6.42 Å².